The molecule has 196 valence electrons. The van der Waals surface area contributed by atoms with Gasteiger partial charge >= 0.3 is 5.97 Å². The van der Waals surface area contributed by atoms with Gasteiger partial charge in [0.25, 0.3) is 5.91 Å². The number of carbonyl (C=O) groups excluding carboxylic acids is 2. The smallest absolute Gasteiger partial charge is 0.310 e. The van der Waals surface area contributed by atoms with E-state index in [1.807, 2.05) is 42.5 Å². The van der Waals surface area contributed by atoms with Crippen LogP contribution in [0.4, 0.5) is 0 Å². The third kappa shape index (κ3) is 3.77. The highest BCUT2D eigenvalue weighted by Gasteiger charge is 2.53. The van der Waals surface area contributed by atoms with Gasteiger partial charge in [-0.15, -0.1) is 0 Å². The lowest BCUT2D eigenvalue weighted by Crippen LogP contribution is -2.42. The van der Waals surface area contributed by atoms with Crippen molar-refractivity contribution in [1.82, 2.24) is 5.32 Å². The minimum atomic E-state index is -0.563. The summed E-state index contributed by atoms with van der Waals surface area (Å²) in [5, 5.41) is 3.17. The first-order valence-electron chi connectivity index (χ1n) is 12.3. The summed E-state index contributed by atoms with van der Waals surface area (Å²) in [6.07, 6.45) is 0. The van der Waals surface area contributed by atoms with Crippen molar-refractivity contribution in [2.45, 2.75) is 12.0 Å². The molecule has 1 fully saturated rings. The Hall–Kier alpha value is -4.40. The number of amides is 1. The summed E-state index contributed by atoms with van der Waals surface area (Å²) in [5.41, 5.74) is 3.00. The third-order valence-electron chi connectivity index (χ3n) is 7.56. The maximum atomic E-state index is 13.3. The number of rotatable bonds is 6. The van der Waals surface area contributed by atoms with E-state index in [-0.39, 0.29) is 31.2 Å². The largest absolute Gasteiger partial charge is 0.493 e. The fraction of sp³-hybridized carbons (Fsp3) is 0.310. The van der Waals surface area contributed by atoms with E-state index in [9.17, 15) is 9.59 Å². The molecule has 0 aromatic heterocycles. The highest BCUT2D eigenvalue weighted by atomic mass is 16.7. The second-order valence-corrected chi connectivity index (χ2v) is 9.41. The van der Waals surface area contributed by atoms with Gasteiger partial charge in [0.2, 0.25) is 12.5 Å². The van der Waals surface area contributed by atoms with Crippen LogP contribution in [-0.4, -0.2) is 46.6 Å². The van der Waals surface area contributed by atoms with E-state index in [0.29, 0.717) is 34.3 Å². The van der Waals surface area contributed by atoms with Crippen molar-refractivity contribution in [3.8, 4) is 28.7 Å². The van der Waals surface area contributed by atoms with E-state index in [0.717, 1.165) is 16.7 Å². The van der Waals surface area contributed by atoms with Gasteiger partial charge in [0.15, 0.2) is 23.0 Å². The Kier molecular flexibility index (Phi) is 5.98. The van der Waals surface area contributed by atoms with Gasteiger partial charge in [0, 0.05) is 17.4 Å². The molecule has 1 N–H and O–H groups in total. The number of ether oxygens (including phenoxy) is 6. The predicted molar refractivity (Wildman–Crippen MR) is 135 cm³/mol. The van der Waals surface area contributed by atoms with E-state index < -0.39 is 17.9 Å². The first-order chi connectivity index (χ1) is 18.5. The van der Waals surface area contributed by atoms with Crippen molar-refractivity contribution >= 4 is 11.9 Å². The van der Waals surface area contributed by atoms with Crippen LogP contribution in [0.25, 0.3) is 0 Å². The van der Waals surface area contributed by atoms with E-state index in [1.165, 1.54) is 0 Å². The number of hydrogen-bond acceptors (Lipinski definition) is 8. The van der Waals surface area contributed by atoms with Crippen LogP contribution in [0, 0.1) is 11.8 Å². The number of esters is 1. The van der Waals surface area contributed by atoms with Crippen molar-refractivity contribution in [3.05, 3.63) is 76.9 Å². The average Bonchev–Trinajstić information content (AvgIpc) is 3.57. The lowest BCUT2D eigenvalue weighted by Gasteiger charge is -2.39. The zero-order valence-electron chi connectivity index (χ0n) is 21.2. The van der Waals surface area contributed by atoms with Gasteiger partial charge in [0.05, 0.1) is 39.9 Å². The second kappa shape index (κ2) is 9.48. The highest BCUT2D eigenvalue weighted by molar-refractivity contribution is 5.94. The molecule has 1 aliphatic carbocycles. The Balaban J connectivity index is 1.53. The summed E-state index contributed by atoms with van der Waals surface area (Å²) < 4.78 is 33.7. The molecular weight excluding hydrogens is 490 g/mol. The zero-order valence-corrected chi connectivity index (χ0v) is 21.2. The average molecular weight is 518 g/mol. The zero-order chi connectivity index (χ0) is 26.4. The Bertz CT molecular complexity index is 1380. The third-order valence-corrected chi connectivity index (χ3v) is 7.56. The van der Waals surface area contributed by atoms with Crippen LogP contribution < -0.4 is 29.0 Å². The monoisotopic (exact) mass is 517 g/mol. The Morgan fingerprint density at radius 2 is 1.53 bits per heavy atom. The summed E-state index contributed by atoms with van der Waals surface area (Å²) in [7, 11) is 4.65. The molecule has 1 amide bonds. The Morgan fingerprint density at radius 1 is 0.868 bits per heavy atom. The molecule has 3 aromatic rings. The second-order valence-electron chi connectivity index (χ2n) is 9.41. The molecule has 0 spiro atoms. The van der Waals surface area contributed by atoms with Crippen LogP contribution in [0.1, 0.15) is 39.0 Å². The van der Waals surface area contributed by atoms with Gasteiger partial charge in [-0.3, -0.25) is 9.59 Å². The van der Waals surface area contributed by atoms with Crippen molar-refractivity contribution in [1.29, 1.82) is 0 Å². The standard InChI is InChI=1S/C29H27NO8/c1-33-22-9-16(10-23(34-2)27(22)35-3)24-17-11-20-21(38-14-37-20)12-18(17)26(19-13-36-29(32)25(19)24)30-28(31)15-7-5-4-6-8-15/h4-12,19,24-26H,13-14H2,1-3H3,(H,30,31)/t19-,24+,25-,26+/m0/s1. The van der Waals surface area contributed by atoms with Crippen molar-refractivity contribution in [3.63, 3.8) is 0 Å². The van der Waals surface area contributed by atoms with Crippen molar-refractivity contribution in [2.24, 2.45) is 11.8 Å². The molecular formula is C29H27NO8. The summed E-state index contributed by atoms with van der Waals surface area (Å²) >= 11 is 0. The molecule has 3 aromatic carbocycles. The number of carbonyl (C=O) groups is 2. The van der Waals surface area contributed by atoms with Gasteiger partial charge in [-0.25, -0.2) is 0 Å². The molecule has 3 aliphatic rings. The molecule has 1 saturated heterocycles. The lowest BCUT2D eigenvalue weighted by atomic mass is 9.65. The van der Waals surface area contributed by atoms with Gasteiger partial charge in [0.1, 0.15) is 0 Å². The first-order valence-corrected chi connectivity index (χ1v) is 12.3. The molecule has 2 heterocycles. The number of benzene rings is 3. The molecule has 38 heavy (non-hydrogen) atoms. The highest BCUT2D eigenvalue weighted by Crippen LogP contribution is 2.55. The Labute approximate surface area is 219 Å². The van der Waals surface area contributed by atoms with Crippen LogP contribution in [0.5, 0.6) is 28.7 Å². The number of fused-ring (bicyclic) bond motifs is 3. The number of methoxy groups -OCH3 is 3. The van der Waals surface area contributed by atoms with Crippen LogP contribution in [0.15, 0.2) is 54.6 Å². The molecule has 0 saturated carbocycles. The van der Waals surface area contributed by atoms with Crippen LogP contribution >= 0.6 is 0 Å². The van der Waals surface area contributed by atoms with E-state index in [4.69, 9.17) is 28.4 Å². The molecule has 0 radical (unpaired) electrons. The van der Waals surface area contributed by atoms with E-state index in [1.54, 1.807) is 33.5 Å². The molecule has 2 aliphatic heterocycles. The van der Waals surface area contributed by atoms with Gasteiger partial charge < -0.3 is 33.7 Å². The van der Waals surface area contributed by atoms with Gasteiger partial charge in [-0.1, -0.05) is 18.2 Å². The molecule has 4 atom stereocenters. The van der Waals surface area contributed by atoms with E-state index >= 15 is 0 Å². The van der Waals surface area contributed by atoms with Crippen LogP contribution in [-0.2, 0) is 9.53 Å². The number of cyclic esters (lactones) is 1. The molecule has 0 unspecified atom stereocenters. The minimum Gasteiger partial charge on any atom is -0.493 e. The summed E-state index contributed by atoms with van der Waals surface area (Å²) in [5.74, 6) is 0.739. The van der Waals surface area contributed by atoms with Crippen molar-refractivity contribution < 1.29 is 38.0 Å². The van der Waals surface area contributed by atoms with Crippen molar-refractivity contribution in [2.75, 3.05) is 34.7 Å². The van der Waals surface area contributed by atoms with Crippen LogP contribution in [0.2, 0.25) is 0 Å². The summed E-state index contributed by atoms with van der Waals surface area (Å²) in [4.78, 5) is 26.6. The first kappa shape index (κ1) is 24.0. The minimum absolute atomic E-state index is 0.100. The SMILES string of the molecule is COc1cc([C@@H]2c3cc4c(cc3[C@@H](NC(=O)c3ccccc3)[C@H]3COC(=O)[C@H]23)OCO4)cc(OC)c1OC. The number of nitrogens with one attached hydrogen (secondary N) is 1. The number of hydrogen-bond donors (Lipinski definition) is 1. The normalized spacial score (nSPS) is 22.7. The fourth-order valence-corrected chi connectivity index (χ4v) is 5.84. The fourth-order valence-electron chi connectivity index (χ4n) is 5.84. The molecule has 6 rings (SSSR count). The summed E-state index contributed by atoms with van der Waals surface area (Å²) in [6, 6.07) is 16.0. The van der Waals surface area contributed by atoms with E-state index in [2.05, 4.69) is 5.32 Å². The lowest BCUT2D eigenvalue weighted by molar-refractivity contribution is -0.141. The molecule has 9 heteroatoms. The van der Waals surface area contributed by atoms with Crippen LogP contribution in [0.3, 0.4) is 0 Å². The van der Waals surface area contributed by atoms with Gasteiger partial charge in [-0.2, -0.15) is 0 Å². The van der Waals surface area contributed by atoms with Gasteiger partial charge in [-0.05, 0) is 53.1 Å². The quantitative estimate of drug-likeness (QED) is 0.492. The Morgan fingerprint density at radius 3 is 2.16 bits per heavy atom. The predicted octanol–water partition coefficient (Wildman–Crippen LogP) is 3.85. The topological polar surface area (TPSA) is 102 Å². The molecule has 9 nitrogen and oxygen atoms in total. The molecule has 0 bridgehead atoms. The maximum absolute atomic E-state index is 13.3. The summed E-state index contributed by atoms with van der Waals surface area (Å²) in [6.45, 7) is 0.279. The maximum Gasteiger partial charge on any atom is 0.310 e.